The highest BCUT2D eigenvalue weighted by atomic mass is 35.5. The fourth-order valence-electron chi connectivity index (χ4n) is 3.40. The molecule has 174 valence electrons. The minimum atomic E-state index is -4.00. The lowest BCUT2D eigenvalue weighted by molar-refractivity contribution is -0.116. The number of ether oxygens (including phenoxy) is 1. The van der Waals surface area contributed by atoms with Gasteiger partial charge >= 0.3 is 0 Å². The topological polar surface area (TPSA) is 122 Å². The summed E-state index contributed by atoms with van der Waals surface area (Å²) >= 11 is 5.83. The number of hydrogen-bond acceptors (Lipinski definition) is 6. The molecule has 1 aliphatic heterocycles. The number of hydrogen-bond donors (Lipinski definition) is 2. The molecule has 9 nitrogen and oxygen atoms in total. The summed E-state index contributed by atoms with van der Waals surface area (Å²) in [4.78, 5) is 38.4. The van der Waals surface area contributed by atoms with Crippen molar-refractivity contribution < 1.29 is 27.5 Å². The quantitative estimate of drug-likeness (QED) is 0.480. The summed E-state index contributed by atoms with van der Waals surface area (Å²) in [6.07, 6.45) is 0. The Morgan fingerprint density at radius 3 is 2.18 bits per heavy atom. The molecule has 0 aliphatic carbocycles. The number of rotatable bonds is 7. The number of methoxy groups -OCH3 is 1. The van der Waals surface area contributed by atoms with Crippen LogP contribution in [0.15, 0.2) is 71.6 Å². The van der Waals surface area contributed by atoms with Gasteiger partial charge in [0.1, 0.15) is 12.3 Å². The summed E-state index contributed by atoms with van der Waals surface area (Å²) < 4.78 is 33.3. The van der Waals surface area contributed by atoms with Gasteiger partial charge in [-0.15, -0.1) is 0 Å². The Morgan fingerprint density at radius 1 is 0.971 bits per heavy atom. The van der Waals surface area contributed by atoms with Crippen LogP contribution >= 0.6 is 11.6 Å². The molecule has 0 atom stereocenters. The zero-order valence-electron chi connectivity index (χ0n) is 17.7. The molecular formula is C23H18ClN3O6S. The first-order valence-electron chi connectivity index (χ1n) is 9.91. The second-order valence-electron chi connectivity index (χ2n) is 7.26. The van der Waals surface area contributed by atoms with E-state index in [0.717, 1.165) is 4.90 Å². The van der Waals surface area contributed by atoms with Crippen molar-refractivity contribution in [3.05, 3.63) is 82.9 Å². The van der Waals surface area contributed by atoms with Crippen LogP contribution in [0.25, 0.3) is 0 Å². The number of benzene rings is 3. The normalized spacial score (nSPS) is 12.9. The molecule has 1 aliphatic rings. The van der Waals surface area contributed by atoms with E-state index in [1.54, 1.807) is 12.1 Å². The van der Waals surface area contributed by atoms with Gasteiger partial charge in [0.15, 0.2) is 0 Å². The number of halogens is 1. The fourth-order valence-corrected chi connectivity index (χ4v) is 4.61. The van der Waals surface area contributed by atoms with Crippen LogP contribution in [-0.4, -0.2) is 44.7 Å². The van der Waals surface area contributed by atoms with Crippen molar-refractivity contribution in [1.29, 1.82) is 0 Å². The highest BCUT2D eigenvalue weighted by Gasteiger charge is 2.36. The third-order valence-corrected chi connectivity index (χ3v) is 6.66. The lowest BCUT2D eigenvalue weighted by atomic mass is 10.1. The van der Waals surface area contributed by atoms with E-state index < -0.39 is 34.3 Å². The predicted molar refractivity (Wildman–Crippen MR) is 126 cm³/mol. The predicted octanol–water partition coefficient (Wildman–Crippen LogP) is 3.38. The Labute approximate surface area is 200 Å². The maximum absolute atomic E-state index is 12.8. The van der Waals surface area contributed by atoms with E-state index in [0.29, 0.717) is 10.7 Å². The Bertz CT molecular complexity index is 1370. The molecule has 3 amide bonds. The molecule has 11 heteroatoms. The van der Waals surface area contributed by atoms with Crippen molar-refractivity contribution in [2.75, 3.05) is 23.7 Å². The van der Waals surface area contributed by atoms with E-state index in [4.69, 9.17) is 16.3 Å². The third-order valence-electron chi connectivity index (χ3n) is 5.03. The number of fused-ring (bicyclic) bond motifs is 1. The molecule has 0 saturated carbocycles. The van der Waals surface area contributed by atoms with Crippen LogP contribution in [0.5, 0.6) is 5.75 Å². The molecule has 1 heterocycles. The fraction of sp³-hybridized carbons (Fsp3) is 0.0870. The van der Waals surface area contributed by atoms with Crippen molar-refractivity contribution in [2.45, 2.75) is 4.90 Å². The van der Waals surface area contributed by atoms with Crippen LogP contribution in [0.4, 0.5) is 11.4 Å². The van der Waals surface area contributed by atoms with Gasteiger partial charge in [-0.25, -0.2) is 8.42 Å². The highest BCUT2D eigenvalue weighted by Crippen LogP contribution is 2.29. The minimum Gasteiger partial charge on any atom is -0.495 e. The molecule has 0 aromatic heterocycles. The first-order chi connectivity index (χ1) is 16.2. The van der Waals surface area contributed by atoms with Gasteiger partial charge in [-0.05, 0) is 54.6 Å². The van der Waals surface area contributed by atoms with Crippen LogP contribution in [0.2, 0.25) is 5.02 Å². The van der Waals surface area contributed by atoms with E-state index in [-0.39, 0.29) is 27.5 Å². The SMILES string of the molecule is COc1ccc(S(=O)(=O)Nc2ccc(Cl)cc2)cc1NC(=O)CN1C(=O)c2ccccc2C1=O. The summed E-state index contributed by atoms with van der Waals surface area (Å²) in [5.74, 6) is -1.66. The summed E-state index contributed by atoms with van der Waals surface area (Å²) in [6.45, 7) is -0.546. The van der Waals surface area contributed by atoms with Crippen molar-refractivity contribution in [3.8, 4) is 5.75 Å². The highest BCUT2D eigenvalue weighted by molar-refractivity contribution is 7.92. The van der Waals surface area contributed by atoms with E-state index in [1.165, 1.54) is 61.7 Å². The van der Waals surface area contributed by atoms with Crippen LogP contribution < -0.4 is 14.8 Å². The third kappa shape index (κ3) is 4.59. The molecule has 0 unspecified atom stereocenters. The van der Waals surface area contributed by atoms with E-state index in [2.05, 4.69) is 10.0 Å². The zero-order chi connectivity index (χ0) is 24.5. The minimum absolute atomic E-state index is 0.0584. The maximum Gasteiger partial charge on any atom is 0.262 e. The Morgan fingerprint density at radius 2 is 1.59 bits per heavy atom. The maximum atomic E-state index is 12.8. The number of imide groups is 1. The summed E-state index contributed by atoms with van der Waals surface area (Å²) in [5.41, 5.74) is 0.804. The number of nitrogens with zero attached hydrogens (tertiary/aromatic N) is 1. The molecule has 34 heavy (non-hydrogen) atoms. The molecule has 4 rings (SSSR count). The number of carbonyl (C=O) groups is 3. The van der Waals surface area contributed by atoms with E-state index in [1.807, 2.05) is 0 Å². The zero-order valence-corrected chi connectivity index (χ0v) is 19.3. The van der Waals surface area contributed by atoms with Gasteiger partial charge in [-0.2, -0.15) is 0 Å². The van der Waals surface area contributed by atoms with Crippen LogP contribution in [-0.2, 0) is 14.8 Å². The van der Waals surface area contributed by atoms with Crippen molar-refractivity contribution in [1.82, 2.24) is 4.90 Å². The molecule has 3 aromatic carbocycles. The number of amides is 3. The Balaban J connectivity index is 1.53. The van der Waals surface area contributed by atoms with Crippen molar-refractivity contribution in [3.63, 3.8) is 0 Å². The van der Waals surface area contributed by atoms with Crippen LogP contribution in [0.1, 0.15) is 20.7 Å². The lowest BCUT2D eigenvalue weighted by Gasteiger charge is -2.16. The second-order valence-corrected chi connectivity index (χ2v) is 9.38. The van der Waals surface area contributed by atoms with Gasteiger partial charge < -0.3 is 10.1 Å². The molecule has 2 N–H and O–H groups in total. The molecule has 3 aromatic rings. The van der Waals surface area contributed by atoms with E-state index >= 15 is 0 Å². The van der Waals surface area contributed by atoms with Crippen LogP contribution in [0, 0.1) is 0 Å². The summed E-state index contributed by atoms with van der Waals surface area (Å²) in [6, 6.07) is 16.3. The Hall–Kier alpha value is -3.89. The van der Waals surface area contributed by atoms with Crippen LogP contribution in [0.3, 0.4) is 0 Å². The Kier molecular flexibility index (Phi) is 6.27. The first-order valence-corrected chi connectivity index (χ1v) is 11.8. The summed E-state index contributed by atoms with van der Waals surface area (Å²) in [5, 5.41) is 2.97. The van der Waals surface area contributed by atoms with Crippen molar-refractivity contribution in [2.24, 2.45) is 0 Å². The average molecular weight is 500 g/mol. The number of nitrogens with one attached hydrogen (secondary N) is 2. The van der Waals surface area contributed by atoms with E-state index in [9.17, 15) is 22.8 Å². The second kappa shape index (κ2) is 9.16. The lowest BCUT2D eigenvalue weighted by Crippen LogP contribution is -2.37. The van der Waals surface area contributed by atoms with Gasteiger partial charge in [0.25, 0.3) is 21.8 Å². The smallest absolute Gasteiger partial charge is 0.262 e. The molecule has 0 spiro atoms. The first kappa shape index (κ1) is 23.3. The number of anilines is 2. The van der Waals surface area contributed by atoms with Gasteiger partial charge in [0, 0.05) is 10.7 Å². The van der Waals surface area contributed by atoms with Gasteiger partial charge in [0.05, 0.1) is 28.8 Å². The molecule has 0 bridgehead atoms. The molecular weight excluding hydrogens is 482 g/mol. The summed E-state index contributed by atoms with van der Waals surface area (Å²) in [7, 11) is -2.65. The van der Waals surface area contributed by atoms with Gasteiger partial charge in [-0.1, -0.05) is 23.7 Å². The standard InChI is InChI=1S/C23H18ClN3O6S/c1-33-20-11-10-16(34(31,32)26-15-8-6-14(24)7-9-15)12-19(20)25-21(28)13-27-22(29)17-4-2-3-5-18(17)23(27)30/h2-12,26H,13H2,1H3,(H,25,28). The monoisotopic (exact) mass is 499 g/mol. The van der Waals surface area contributed by atoms with Crippen molar-refractivity contribution >= 4 is 50.7 Å². The average Bonchev–Trinajstić information content (AvgIpc) is 3.05. The van der Waals surface area contributed by atoms with Gasteiger partial charge in [-0.3, -0.25) is 24.0 Å². The number of sulfonamides is 1. The van der Waals surface area contributed by atoms with Gasteiger partial charge in [0.2, 0.25) is 5.91 Å². The molecule has 0 fully saturated rings. The number of carbonyl (C=O) groups excluding carboxylic acids is 3. The molecule has 0 saturated heterocycles. The largest absolute Gasteiger partial charge is 0.495 e. The molecule has 0 radical (unpaired) electrons.